The largest absolute Gasteiger partial charge is 0.480 e. The highest BCUT2D eigenvalue weighted by atomic mass is 16.4. The van der Waals surface area contributed by atoms with Gasteiger partial charge in [-0.05, 0) is 0 Å². The Labute approximate surface area is 109 Å². The van der Waals surface area contributed by atoms with Crippen LogP contribution < -0.4 is 0 Å². The Hall–Kier alpha value is -2.25. The zero-order valence-electron chi connectivity index (χ0n) is 10.7. The molecule has 1 N–H and O–H groups in total. The quantitative estimate of drug-likeness (QED) is 0.746. The topological polar surface area (TPSA) is 105 Å². The number of rotatable bonds is 4. The molecule has 0 unspecified atom stereocenters. The number of carboxylic acid groups (broad SMARTS) is 1. The molecular formula is C11H14N4O4. The maximum absolute atomic E-state index is 12.0. The van der Waals surface area contributed by atoms with Crippen molar-refractivity contribution in [2.24, 2.45) is 5.41 Å². The lowest BCUT2D eigenvalue weighted by Crippen LogP contribution is -2.32. The Morgan fingerprint density at radius 1 is 1.47 bits per heavy atom. The molecule has 2 heterocycles. The number of carbonyl (C=O) groups is 3. The Kier molecular flexibility index (Phi) is 3.09. The van der Waals surface area contributed by atoms with Crippen LogP contribution in [0.25, 0.3) is 0 Å². The van der Waals surface area contributed by atoms with Crippen LogP contribution in [-0.2, 0) is 27.5 Å². The summed E-state index contributed by atoms with van der Waals surface area (Å²) in [6, 6.07) is 0. The van der Waals surface area contributed by atoms with E-state index in [-0.39, 0.29) is 31.3 Å². The second-order valence-corrected chi connectivity index (χ2v) is 5.15. The average molecular weight is 266 g/mol. The van der Waals surface area contributed by atoms with E-state index >= 15 is 0 Å². The van der Waals surface area contributed by atoms with Crippen molar-refractivity contribution in [1.82, 2.24) is 19.9 Å². The van der Waals surface area contributed by atoms with E-state index in [9.17, 15) is 14.4 Å². The van der Waals surface area contributed by atoms with E-state index in [1.54, 1.807) is 13.8 Å². The first-order valence-corrected chi connectivity index (χ1v) is 5.75. The van der Waals surface area contributed by atoms with E-state index in [1.807, 2.05) is 0 Å². The molecule has 0 saturated carbocycles. The number of carboxylic acids is 1. The van der Waals surface area contributed by atoms with Gasteiger partial charge in [0, 0.05) is 6.42 Å². The lowest BCUT2D eigenvalue weighted by molar-refractivity contribution is -0.142. The summed E-state index contributed by atoms with van der Waals surface area (Å²) < 4.78 is 1.15. The molecule has 1 aromatic rings. The molecule has 102 valence electrons. The number of hydrogen-bond acceptors (Lipinski definition) is 5. The van der Waals surface area contributed by atoms with E-state index in [4.69, 9.17) is 5.11 Å². The van der Waals surface area contributed by atoms with Crippen molar-refractivity contribution >= 4 is 17.8 Å². The molecule has 0 atom stereocenters. The molecule has 0 bridgehead atoms. The van der Waals surface area contributed by atoms with Crippen LogP contribution in [0.2, 0.25) is 0 Å². The van der Waals surface area contributed by atoms with Gasteiger partial charge in [0.25, 0.3) is 0 Å². The van der Waals surface area contributed by atoms with Gasteiger partial charge < -0.3 is 5.11 Å². The van der Waals surface area contributed by atoms with Crippen LogP contribution >= 0.6 is 0 Å². The van der Waals surface area contributed by atoms with E-state index in [1.165, 1.54) is 6.20 Å². The number of imide groups is 1. The zero-order chi connectivity index (χ0) is 14.2. The molecule has 1 aliphatic heterocycles. The lowest BCUT2D eigenvalue weighted by Gasteiger charge is -2.16. The van der Waals surface area contributed by atoms with Crippen molar-refractivity contribution in [2.75, 3.05) is 0 Å². The van der Waals surface area contributed by atoms with Gasteiger partial charge in [0.1, 0.15) is 12.2 Å². The number of aromatic nitrogens is 3. The minimum Gasteiger partial charge on any atom is -0.480 e. The summed E-state index contributed by atoms with van der Waals surface area (Å²) in [5, 5.41) is 16.0. The third kappa shape index (κ3) is 2.61. The van der Waals surface area contributed by atoms with Gasteiger partial charge in [0.15, 0.2) is 0 Å². The predicted molar refractivity (Wildman–Crippen MR) is 61.6 cm³/mol. The number of hydrogen-bond donors (Lipinski definition) is 1. The first-order chi connectivity index (χ1) is 8.79. The van der Waals surface area contributed by atoms with Crippen LogP contribution in [0.15, 0.2) is 6.20 Å². The fraction of sp³-hybridized carbons (Fsp3) is 0.545. The van der Waals surface area contributed by atoms with Gasteiger partial charge in [0.05, 0.1) is 18.2 Å². The van der Waals surface area contributed by atoms with Crippen LogP contribution in [0.1, 0.15) is 26.0 Å². The maximum atomic E-state index is 12.0. The van der Waals surface area contributed by atoms with Crippen LogP contribution in [0.4, 0.5) is 0 Å². The normalized spacial score (nSPS) is 18.1. The summed E-state index contributed by atoms with van der Waals surface area (Å²) in [5.41, 5.74) is -0.297. The lowest BCUT2D eigenvalue weighted by atomic mass is 9.92. The highest BCUT2D eigenvalue weighted by molar-refractivity contribution is 6.05. The van der Waals surface area contributed by atoms with Crippen molar-refractivity contribution < 1.29 is 19.5 Å². The molecule has 2 amide bonds. The fourth-order valence-electron chi connectivity index (χ4n) is 1.98. The van der Waals surface area contributed by atoms with Crippen molar-refractivity contribution in [3.8, 4) is 0 Å². The van der Waals surface area contributed by atoms with Crippen molar-refractivity contribution in [3.63, 3.8) is 0 Å². The van der Waals surface area contributed by atoms with Crippen molar-refractivity contribution in [2.45, 2.75) is 33.4 Å². The van der Waals surface area contributed by atoms with Gasteiger partial charge in [-0.1, -0.05) is 19.1 Å². The molecule has 1 aromatic heterocycles. The molecule has 1 saturated heterocycles. The molecule has 8 heteroatoms. The highest BCUT2D eigenvalue weighted by Gasteiger charge is 2.44. The molecule has 19 heavy (non-hydrogen) atoms. The summed E-state index contributed by atoms with van der Waals surface area (Å²) in [6.45, 7) is 3.16. The minimum absolute atomic E-state index is 0.0285. The van der Waals surface area contributed by atoms with Gasteiger partial charge in [-0.3, -0.25) is 19.3 Å². The highest BCUT2D eigenvalue weighted by Crippen LogP contribution is 2.32. The second-order valence-electron chi connectivity index (χ2n) is 5.15. The maximum Gasteiger partial charge on any atom is 0.325 e. The van der Waals surface area contributed by atoms with E-state index < -0.39 is 11.4 Å². The molecule has 0 spiro atoms. The zero-order valence-corrected chi connectivity index (χ0v) is 10.7. The van der Waals surface area contributed by atoms with E-state index in [0.29, 0.717) is 5.69 Å². The Morgan fingerprint density at radius 2 is 2.16 bits per heavy atom. The fourth-order valence-corrected chi connectivity index (χ4v) is 1.98. The van der Waals surface area contributed by atoms with Gasteiger partial charge in [-0.15, -0.1) is 5.10 Å². The summed E-state index contributed by atoms with van der Waals surface area (Å²) >= 11 is 0. The number of aliphatic carboxylic acids is 1. The molecule has 0 aliphatic carbocycles. The minimum atomic E-state index is -1.04. The number of likely N-dealkylation sites (tertiary alicyclic amines) is 1. The van der Waals surface area contributed by atoms with Crippen molar-refractivity contribution in [1.29, 1.82) is 0 Å². The van der Waals surface area contributed by atoms with Crippen LogP contribution in [-0.4, -0.2) is 42.8 Å². The Morgan fingerprint density at radius 3 is 2.68 bits per heavy atom. The molecule has 1 fully saturated rings. The number of carbonyl (C=O) groups excluding carboxylic acids is 2. The second kappa shape index (κ2) is 4.45. The molecule has 0 aromatic carbocycles. The van der Waals surface area contributed by atoms with Gasteiger partial charge >= 0.3 is 5.97 Å². The monoisotopic (exact) mass is 266 g/mol. The van der Waals surface area contributed by atoms with E-state index in [0.717, 1.165) is 9.58 Å². The molecule has 8 nitrogen and oxygen atoms in total. The first-order valence-electron chi connectivity index (χ1n) is 5.75. The standard InChI is InChI=1S/C11H14N4O4/c1-11(2)3-8(16)15(10(11)19)5-7-4-14(13-12-7)6-9(17)18/h4H,3,5-6H2,1-2H3,(H,17,18). The number of amides is 2. The predicted octanol–water partition coefficient (Wildman–Crippen LogP) is -0.352. The van der Waals surface area contributed by atoms with Crippen molar-refractivity contribution in [3.05, 3.63) is 11.9 Å². The molecule has 0 radical (unpaired) electrons. The third-order valence-electron chi connectivity index (χ3n) is 2.92. The smallest absolute Gasteiger partial charge is 0.325 e. The van der Waals surface area contributed by atoms with Gasteiger partial charge in [-0.25, -0.2) is 4.68 Å². The van der Waals surface area contributed by atoms with Crippen LogP contribution in [0.3, 0.4) is 0 Å². The van der Waals surface area contributed by atoms with Gasteiger partial charge in [0.2, 0.25) is 11.8 Å². The average Bonchev–Trinajstić information content (AvgIpc) is 2.77. The summed E-state index contributed by atoms with van der Waals surface area (Å²) in [4.78, 5) is 35.4. The van der Waals surface area contributed by atoms with Crippen LogP contribution in [0, 0.1) is 5.41 Å². The molecule has 1 aliphatic rings. The summed E-state index contributed by atoms with van der Waals surface area (Å²) in [7, 11) is 0. The SMILES string of the molecule is CC1(C)CC(=O)N(Cc2cn(CC(=O)O)nn2)C1=O. The first kappa shape index (κ1) is 13.2. The molecular weight excluding hydrogens is 252 g/mol. The Bertz CT molecular complexity index is 549. The third-order valence-corrected chi connectivity index (χ3v) is 2.92. The summed E-state index contributed by atoms with van der Waals surface area (Å²) in [5.74, 6) is -1.53. The number of nitrogens with zero attached hydrogens (tertiary/aromatic N) is 4. The van der Waals surface area contributed by atoms with E-state index in [2.05, 4.69) is 10.3 Å². The Balaban J connectivity index is 2.09. The van der Waals surface area contributed by atoms with Gasteiger partial charge in [-0.2, -0.15) is 0 Å². The summed E-state index contributed by atoms with van der Waals surface area (Å²) in [6.07, 6.45) is 1.59. The molecule has 2 rings (SSSR count). The van der Waals surface area contributed by atoms with Crippen LogP contribution in [0.5, 0.6) is 0 Å².